The van der Waals surface area contributed by atoms with Crippen molar-refractivity contribution < 1.29 is 19.1 Å². The van der Waals surface area contributed by atoms with Gasteiger partial charge in [-0.15, -0.1) is 0 Å². The lowest BCUT2D eigenvalue weighted by Gasteiger charge is -2.15. The van der Waals surface area contributed by atoms with E-state index in [1.54, 1.807) is 24.3 Å². The van der Waals surface area contributed by atoms with Gasteiger partial charge in [-0.1, -0.05) is 24.3 Å². The fourth-order valence-electron chi connectivity index (χ4n) is 2.41. The van der Waals surface area contributed by atoms with Crippen molar-refractivity contribution in [3.63, 3.8) is 0 Å². The molecule has 24 heavy (non-hydrogen) atoms. The molecule has 0 fully saturated rings. The third-order valence-electron chi connectivity index (χ3n) is 3.72. The molecule has 0 aromatic heterocycles. The standard InChI is InChI=1S/C18H18N2O4/c1-12(14-7-8-15-16(9-14)24-11-23-15)20-17(21)10-19-18(22)13-5-3-2-4-6-13/h2-9,12H,10-11H2,1H3,(H,19,22)(H,20,21). The summed E-state index contributed by atoms with van der Waals surface area (Å²) in [6.07, 6.45) is 0. The van der Waals surface area contributed by atoms with Crippen molar-refractivity contribution in [2.24, 2.45) is 0 Å². The summed E-state index contributed by atoms with van der Waals surface area (Å²) in [4.78, 5) is 23.9. The predicted octanol–water partition coefficient (Wildman–Crippen LogP) is 2.02. The van der Waals surface area contributed by atoms with Crippen LogP contribution in [0, 0.1) is 0 Å². The molecule has 0 saturated heterocycles. The van der Waals surface area contributed by atoms with Crippen LogP contribution in [0.2, 0.25) is 0 Å². The highest BCUT2D eigenvalue weighted by Crippen LogP contribution is 2.34. The molecule has 1 aliphatic rings. The quantitative estimate of drug-likeness (QED) is 0.881. The largest absolute Gasteiger partial charge is 0.454 e. The molecule has 2 amide bonds. The fourth-order valence-corrected chi connectivity index (χ4v) is 2.41. The Morgan fingerprint density at radius 1 is 1.08 bits per heavy atom. The van der Waals surface area contributed by atoms with Gasteiger partial charge in [0.1, 0.15) is 0 Å². The maximum absolute atomic E-state index is 12.0. The van der Waals surface area contributed by atoms with Gasteiger partial charge in [0, 0.05) is 5.56 Å². The predicted molar refractivity (Wildman–Crippen MR) is 87.9 cm³/mol. The molecular weight excluding hydrogens is 308 g/mol. The highest BCUT2D eigenvalue weighted by atomic mass is 16.7. The van der Waals surface area contributed by atoms with Crippen LogP contribution in [0.15, 0.2) is 48.5 Å². The van der Waals surface area contributed by atoms with Gasteiger partial charge in [0.15, 0.2) is 11.5 Å². The van der Waals surface area contributed by atoms with E-state index >= 15 is 0 Å². The normalized spacial score (nSPS) is 13.2. The van der Waals surface area contributed by atoms with Gasteiger partial charge >= 0.3 is 0 Å². The number of ether oxygens (including phenoxy) is 2. The maximum Gasteiger partial charge on any atom is 0.251 e. The van der Waals surface area contributed by atoms with E-state index in [9.17, 15) is 9.59 Å². The van der Waals surface area contributed by atoms with Crippen LogP contribution in [0.3, 0.4) is 0 Å². The molecular formula is C18H18N2O4. The van der Waals surface area contributed by atoms with Crippen LogP contribution < -0.4 is 20.1 Å². The zero-order valence-corrected chi connectivity index (χ0v) is 13.2. The molecule has 1 aliphatic heterocycles. The third-order valence-corrected chi connectivity index (χ3v) is 3.72. The summed E-state index contributed by atoms with van der Waals surface area (Å²) in [6.45, 7) is 2.00. The molecule has 2 N–H and O–H groups in total. The third kappa shape index (κ3) is 3.65. The van der Waals surface area contributed by atoms with Crippen molar-refractivity contribution in [3.8, 4) is 11.5 Å². The Morgan fingerprint density at radius 2 is 1.83 bits per heavy atom. The van der Waals surface area contributed by atoms with E-state index in [1.807, 2.05) is 31.2 Å². The Bertz CT molecular complexity index is 746. The SMILES string of the molecule is CC(NC(=O)CNC(=O)c1ccccc1)c1ccc2c(c1)OCO2. The number of rotatable bonds is 5. The second-order valence-electron chi connectivity index (χ2n) is 5.45. The zero-order valence-electron chi connectivity index (χ0n) is 13.2. The van der Waals surface area contributed by atoms with Crippen molar-refractivity contribution in [1.29, 1.82) is 0 Å². The molecule has 2 aromatic rings. The molecule has 3 rings (SSSR count). The van der Waals surface area contributed by atoms with Gasteiger partial charge in [-0.25, -0.2) is 0 Å². The number of amides is 2. The fraction of sp³-hybridized carbons (Fsp3) is 0.222. The number of hydrogen-bond donors (Lipinski definition) is 2. The first-order chi connectivity index (χ1) is 11.6. The van der Waals surface area contributed by atoms with Crippen LogP contribution in [0.1, 0.15) is 28.9 Å². The number of carbonyl (C=O) groups excluding carboxylic acids is 2. The Kier molecular flexibility index (Phi) is 4.65. The Morgan fingerprint density at radius 3 is 2.62 bits per heavy atom. The molecule has 6 heteroatoms. The van der Waals surface area contributed by atoms with Crippen molar-refractivity contribution in [3.05, 3.63) is 59.7 Å². The summed E-state index contributed by atoms with van der Waals surface area (Å²) in [5.41, 5.74) is 1.43. The van der Waals surface area contributed by atoms with Crippen LogP contribution >= 0.6 is 0 Å². The summed E-state index contributed by atoms with van der Waals surface area (Å²) in [5, 5.41) is 5.45. The number of carbonyl (C=O) groups is 2. The van der Waals surface area contributed by atoms with Crippen molar-refractivity contribution in [1.82, 2.24) is 10.6 Å². The first kappa shape index (κ1) is 15.9. The monoisotopic (exact) mass is 326 g/mol. The van der Waals surface area contributed by atoms with Gasteiger partial charge in [0.2, 0.25) is 12.7 Å². The summed E-state index contributed by atoms with van der Waals surface area (Å²) >= 11 is 0. The summed E-state index contributed by atoms with van der Waals surface area (Å²) in [7, 11) is 0. The Labute approximate surface area is 139 Å². The van der Waals surface area contributed by atoms with Crippen LogP contribution in [0.4, 0.5) is 0 Å². The average molecular weight is 326 g/mol. The molecule has 0 radical (unpaired) electrons. The van der Waals surface area contributed by atoms with Gasteiger partial charge in [-0.05, 0) is 36.8 Å². The van der Waals surface area contributed by atoms with E-state index < -0.39 is 0 Å². The van der Waals surface area contributed by atoms with Crippen LogP contribution in [-0.4, -0.2) is 25.2 Å². The molecule has 6 nitrogen and oxygen atoms in total. The molecule has 0 aliphatic carbocycles. The minimum Gasteiger partial charge on any atom is -0.454 e. The first-order valence-corrected chi connectivity index (χ1v) is 7.65. The lowest BCUT2D eigenvalue weighted by atomic mass is 10.1. The Balaban J connectivity index is 1.52. The molecule has 124 valence electrons. The summed E-state index contributed by atoms with van der Waals surface area (Å²) in [5.74, 6) is 0.837. The van der Waals surface area contributed by atoms with Crippen molar-refractivity contribution >= 4 is 11.8 Å². The second-order valence-corrected chi connectivity index (χ2v) is 5.45. The molecule has 2 aromatic carbocycles. The van der Waals surface area contributed by atoms with E-state index in [4.69, 9.17) is 9.47 Å². The minimum atomic E-state index is -0.276. The Hall–Kier alpha value is -3.02. The lowest BCUT2D eigenvalue weighted by Crippen LogP contribution is -2.38. The molecule has 1 atom stereocenters. The zero-order chi connectivity index (χ0) is 16.9. The highest BCUT2D eigenvalue weighted by Gasteiger charge is 2.17. The van der Waals surface area contributed by atoms with E-state index in [0.717, 1.165) is 5.56 Å². The maximum atomic E-state index is 12.0. The molecule has 0 bridgehead atoms. The average Bonchev–Trinajstić information content (AvgIpc) is 3.08. The van der Waals surface area contributed by atoms with E-state index in [0.29, 0.717) is 17.1 Å². The van der Waals surface area contributed by atoms with Gasteiger partial charge < -0.3 is 20.1 Å². The molecule has 0 saturated carbocycles. The second kappa shape index (κ2) is 7.04. The highest BCUT2D eigenvalue weighted by molar-refractivity contribution is 5.96. The van der Waals surface area contributed by atoms with Crippen LogP contribution in [0.5, 0.6) is 11.5 Å². The van der Waals surface area contributed by atoms with Gasteiger partial charge in [0.25, 0.3) is 5.91 Å². The topological polar surface area (TPSA) is 76.7 Å². The van der Waals surface area contributed by atoms with Crippen molar-refractivity contribution in [2.45, 2.75) is 13.0 Å². The number of nitrogens with one attached hydrogen (secondary N) is 2. The summed E-state index contributed by atoms with van der Waals surface area (Å²) in [6, 6.07) is 14.1. The van der Waals surface area contributed by atoms with Crippen molar-refractivity contribution in [2.75, 3.05) is 13.3 Å². The van der Waals surface area contributed by atoms with Gasteiger partial charge in [-0.2, -0.15) is 0 Å². The molecule has 1 unspecified atom stereocenters. The van der Waals surface area contributed by atoms with Crippen LogP contribution in [-0.2, 0) is 4.79 Å². The van der Waals surface area contributed by atoms with E-state index in [2.05, 4.69) is 10.6 Å². The van der Waals surface area contributed by atoms with Gasteiger partial charge in [0.05, 0.1) is 12.6 Å². The van der Waals surface area contributed by atoms with E-state index in [-0.39, 0.29) is 31.2 Å². The smallest absolute Gasteiger partial charge is 0.251 e. The van der Waals surface area contributed by atoms with E-state index in [1.165, 1.54) is 0 Å². The molecule has 0 spiro atoms. The molecule has 1 heterocycles. The number of hydrogen-bond acceptors (Lipinski definition) is 4. The first-order valence-electron chi connectivity index (χ1n) is 7.65. The number of fused-ring (bicyclic) bond motifs is 1. The minimum absolute atomic E-state index is 0.0807. The number of benzene rings is 2. The summed E-state index contributed by atoms with van der Waals surface area (Å²) < 4.78 is 10.6. The lowest BCUT2D eigenvalue weighted by molar-refractivity contribution is -0.120. The van der Waals surface area contributed by atoms with Crippen LogP contribution in [0.25, 0.3) is 0 Å². The van der Waals surface area contributed by atoms with Gasteiger partial charge in [-0.3, -0.25) is 9.59 Å².